The molecule has 0 aromatic rings. The predicted octanol–water partition coefficient (Wildman–Crippen LogP) is 1.75. The zero-order valence-corrected chi connectivity index (χ0v) is 12.4. The molecule has 0 aromatic heterocycles. The van der Waals surface area contributed by atoms with Crippen LogP contribution in [0.1, 0.15) is 38.5 Å². The summed E-state index contributed by atoms with van der Waals surface area (Å²) in [5, 5.41) is 0. The van der Waals surface area contributed by atoms with Crippen molar-refractivity contribution in [1.82, 2.24) is 9.80 Å². The van der Waals surface area contributed by atoms with Crippen molar-refractivity contribution in [3.05, 3.63) is 0 Å². The van der Waals surface area contributed by atoms with Gasteiger partial charge in [-0.25, -0.2) is 0 Å². The van der Waals surface area contributed by atoms with Crippen LogP contribution in [-0.2, 0) is 9.53 Å². The van der Waals surface area contributed by atoms with E-state index in [0.29, 0.717) is 12.3 Å². The van der Waals surface area contributed by atoms with Crippen LogP contribution in [0.3, 0.4) is 0 Å². The maximum absolute atomic E-state index is 12.1. The average Bonchev–Trinajstić information content (AvgIpc) is 3.07. The van der Waals surface area contributed by atoms with Gasteiger partial charge in [-0.3, -0.25) is 4.79 Å². The molecule has 2 fully saturated rings. The third kappa shape index (κ3) is 4.46. The summed E-state index contributed by atoms with van der Waals surface area (Å²) in [6.07, 6.45) is 7.09. The van der Waals surface area contributed by atoms with Gasteiger partial charge < -0.3 is 14.5 Å². The standard InChI is InChI=1S/C15H28N2O2/c1-16(14-5-3-4-6-14)8-9-17(2)15(18)11-13-7-10-19-12-13/h13-14H,3-12H2,1-2H3/t13-/m1/s1. The number of likely N-dealkylation sites (N-methyl/N-ethyl adjacent to an activating group) is 2. The summed E-state index contributed by atoms with van der Waals surface area (Å²) < 4.78 is 5.32. The summed E-state index contributed by atoms with van der Waals surface area (Å²) in [4.78, 5) is 16.4. The fourth-order valence-electron chi connectivity index (χ4n) is 3.11. The highest BCUT2D eigenvalue weighted by atomic mass is 16.5. The van der Waals surface area contributed by atoms with Crippen LogP contribution in [0.15, 0.2) is 0 Å². The van der Waals surface area contributed by atoms with Gasteiger partial charge in [-0.1, -0.05) is 12.8 Å². The van der Waals surface area contributed by atoms with Crippen LogP contribution in [-0.4, -0.2) is 62.1 Å². The van der Waals surface area contributed by atoms with E-state index in [1.807, 2.05) is 11.9 Å². The first kappa shape index (κ1) is 14.8. The molecule has 0 bridgehead atoms. The van der Waals surface area contributed by atoms with Gasteiger partial charge in [-0.05, 0) is 32.2 Å². The van der Waals surface area contributed by atoms with Crippen molar-refractivity contribution in [2.75, 3.05) is 40.4 Å². The SMILES string of the molecule is CN(CCN(C)C1CCCC1)C(=O)C[C@H]1CCOC1. The number of hydrogen-bond acceptors (Lipinski definition) is 3. The third-order valence-electron chi connectivity index (χ3n) is 4.65. The quantitative estimate of drug-likeness (QED) is 0.736. The second kappa shape index (κ2) is 7.25. The van der Waals surface area contributed by atoms with Crippen LogP contribution in [0.4, 0.5) is 0 Å². The highest BCUT2D eigenvalue weighted by molar-refractivity contribution is 5.76. The van der Waals surface area contributed by atoms with Crippen LogP contribution in [0.2, 0.25) is 0 Å². The monoisotopic (exact) mass is 268 g/mol. The van der Waals surface area contributed by atoms with E-state index in [9.17, 15) is 4.79 Å². The molecule has 19 heavy (non-hydrogen) atoms. The van der Waals surface area contributed by atoms with Crippen LogP contribution in [0, 0.1) is 5.92 Å². The molecular formula is C15H28N2O2. The summed E-state index contributed by atoms with van der Waals surface area (Å²) in [5.41, 5.74) is 0. The van der Waals surface area contributed by atoms with Gasteiger partial charge in [-0.2, -0.15) is 0 Å². The van der Waals surface area contributed by atoms with Crippen molar-refractivity contribution in [2.45, 2.75) is 44.6 Å². The number of hydrogen-bond donors (Lipinski definition) is 0. The van der Waals surface area contributed by atoms with Gasteiger partial charge in [0.15, 0.2) is 0 Å². The molecule has 4 heteroatoms. The van der Waals surface area contributed by atoms with E-state index in [1.165, 1.54) is 25.7 Å². The maximum Gasteiger partial charge on any atom is 0.222 e. The highest BCUT2D eigenvalue weighted by Crippen LogP contribution is 2.22. The van der Waals surface area contributed by atoms with Crippen molar-refractivity contribution in [2.24, 2.45) is 5.92 Å². The normalized spacial score (nSPS) is 24.3. The molecule has 0 aromatic carbocycles. The first-order valence-electron chi connectivity index (χ1n) is 7.68. The molecule has 2 aliphatic rings. The molecule has 4 nitrogen and oxygen atoms in total. The Morgan fingerprint density at radius 3 is 2.53 bits per heavy atom. The molecule has 1 aliphatic heterocycles. The third-order valence-corrected chi connectivity index (χ3v) is 4.65. The molecule has 1 saturated heterocycles. The lowest BCUT2D eigenvalue weighted by Crippen LogP contribution is -2.38. The van der Waals surface area contributed by atoms with E-state index in [1.54, 1.807) is 0 Å². The van der Waals surface area contributed by atoms with Gasteiger partial charge in [0, 0.05) is 45.8 Å². The summed E-state index contributed by atoms with van der Waals surface area (Å²) in [6, 6.07) is 0.742. The Balaban J connectivity index is 1.64. The number of rotatable bonds is 6. The number of ether oxygens (including phenoxy) is 1. The first-order chi connectivity index (χ1) is 9.16. The van der Waals surface area contributed by atoms with E-state index in [0.717, 1.165) is 38.8 Å². The molecular weight excluding hydrogens is 240 g/mol. The van der Waals surface area contributed by atoms with Crippen LogP contribution in [0.25, 0.3) is 0 Å². The van der Waals surface area contributed by atoms with E-state index >= 15 is 0 Å². The zero-order chi connectivity index (χ0) is 13.7. The lowest BCUT2D eigenvalue weighted by Gasteiger charge is -2.27. The molecule has 1 amide bonds. The van der Waals surface area contributed by atoms with Crippen LogP contribution < -0.4 is 0 Å². The van der Waals surface area contributed by atoms with Gasteiger partial charge in [0.2, 0.25) is 5.91 Å². The Bertz CT molecular complexity index is 284. The maximum atomic E-state index is 12.1. The summed E-state index contributed by atoms with van der Waals surface area (Å²) in [7, 11) is 4.12. The van der Waals surface area contributed by atoms with Gasteiger partial charge in [0.25, 0.3) is 0 Å². The Kier molecular flexibility index (Phi) is 5.64. The molecule has 0 unspecified atom stereocenters. The molecule has 0 N–H and O–H groups in total. The summed E-state index contributed by atoms with van der Waals surface area (Å²) in [5.74, 6) is 0.720. The molecule has 0 radical (unpaired) electrons. The molecule has 2 rings (SSSR count). The minimum Gasteiger partial charge on any atom is -0.381 e. The fraction of sp³-hybridized carbons (Fsp3) is 0.933. The van der Waals surface area contributed by atoms with E-state index in [2.05, 4.69) is 11.9 Å². The Labute approximate surface area is 117 Å². The largest absolute Gasteiger partial charge is 0.381 e. The lowest BCUT2D eigenvalue weighted by molar-refractivity contribution is -0.131. The number of carbonyl (C=O) groups excluding carboxylic acids is 1. The summed E-state index contributed by atoms with van der Waals surface area (Å²) >= 11 is 0. The van der Waals surface area contributed by atoms with Crippen LogP contribution >= 0.6 is 0 Å². The molecule has 110 valence electrons. The van der Waals surface area contributed by atoms with Crippen molar-refractivity contribution in [1.29, 1.82) is 0 Å². The van der Waals surface area contributed by atoms with Gasteiger partial charge in [0.1, 0.15) is 0 Å². The number of carbonyl (C=O) groups is 1. The molecule has 1 aliphatic carbocycles. The number of amides is 1. The van der Waals surface area contributed by atoms with Crippen molar-refractivity contribution < 1.29 is 9.53 Å². The minimum absolute atomic E-state index is 0.273. The fourth-order valence-corrected chi connectivity index (χ4v) is 3.11. The highest BCUT2D eigenvalue weighted by Gasteiger charge is 2.22. The predicted molar refractivity (Wildman–Crippen MR) is 76.1 cm³/mol. The van der Waals surface area contributed by atoms with E-state index < -0.39 is 0 Å². The van der Waals surface area contributed by atoms with Crippen molar-refractivity contribution >= 4 is 5.91 Å². The van der Waals surface area contributed by atoms with Gasteiger partial charge >= 0.3 is 0 Å². The molecule has 0 spiro atoms. The zero-order valence-electron chi connectivity index (χ0n) is 12.4. The van der Waals surface area contributed by atoms with Gasteiger partial charge in [-0.15, -0.1) is 0 Å². The molecule has 1 saturated carbocycles. The lowest BCUT2D eigenvalue weighted by atomic mass is 10.0. The topological polar surface area (TPSA) is 32.8 Å². The Morgan fingerprint density at radius 2 is 1.89 bits per heavy atom. The van der Waals surface area contributed by atoms with Crippen LogP contribution in [0.5, 0.6) is 0 Å². The number of nitrogens with zero attached hydrogens (tertiary/aromatic N) is 2. The first-order valence-corrected chi connectivity index (χ1v) is 7.68. The van der Waals surface area contributed by atoms with E-state index in [4.69, 9.17) is 4.74 Å². The minimum atomic E-state index is 0.273. The average molecular weight is 268 g/mol. The Hall–Kier alpha value is -0.610. The summed E-state index contributed by atoms with van der Waals surface area (Å²) in [6.45, 7) is 3.43. The second-order valence-electron chi connectivity index (χ2n) is 6.17. The second-order valence-corrected chi connectivity index (χ2v) is 6.17. The van der Waals surface area contributed by atoms with Crippen molar-refractivity contribution in [3.8, 4) is 0 Å². The van der Waals surface area contributed by atoms with Crippen molar-refractivity contribution in [3.63, 3.8) is 0 Å². The Morgan fingerprint density at radius 1 is 1.16 bits per heavy atom. The van der Waals surface area contributed by atoms with E-state index in [-0.39, 0.29) is 5.91 Å². The molecule has 1 heterocycles. The molecule has 1 atom stereocenters. The van der Waals surface area contributed by atoms with Gasteiger partial charge in [0.05, 0.1) is 0 Å². The smallest absolute Gasteiger partial charge is 0.222 e.